The van der Waals surface area contributed by atoms with Gasteiger partial charge in [0.25, 0.3) is 0 Å². The normalized spacial score (nSPS) is 12.9. The Morgan fingerprint density at radius 1 is 1.56 bits per heavy atom. The van der Waals surface area contributed by atoms with Crippen molar-refractivity contribution in [2.45, 2.75) is 19.3 Å². The summed E-state index contributed by atoms with van der Waals surface area (Å²) in [6.07, 6.45) is 2.28. The maximum atomic E-state index is 11.1. The molecule has 1 aromatic carbocycles. The fourth-order valence-electron chi connectivity index (χ4n) is 1.97. The fourth-order valence-corrected chi connectivity index (χ4v) is 2.25. The number of nitrogens with one attached hydrogen (secondary N) is 1. The first kappa shape index (κ1) is 11.0. The summed E-state index contributed by atoms with van der Waals surface area (Å²) in [5.74, 6) is -1.32. The number of H-pyrrole nitrogens is 1. The van der Waals surface area contributed by atoms with Crippen LogP contribution in [0, 0.1) is 0 Å². The van der Waals surface area contributed by atoms with Crippen molar-refractivity contribution in [3.05, 3.63) is 35.0 Å². The minimum Gasteiger partial charge on any atom is -0.481 e. The number of fused-ring (bicyclic) bond motifs is 1. The van der Waals surface area contributed by atoms with E-state index in [0.29, 0.717) is 11.4 Å². The smallest absolute Gasteiger partial charge is 0.311 e. The van der Waals surface area contributed by atoms with Gasteiger partial charge in [0.05, 0.1) is 10.9 Å². The third-order valence-corrected chi connectivity index (χ3v) is 3.08. The second-order valence-electron chi connectivity index (χ2n) is 3.71. The minimum absolute atomic E-state index is 0.506. The predicted molar refractivity (Wildman–Crippen MR) is 64.0 cm³/mol. The molecular weight excluding hydrogens is 226 g/mol. The highest BCUT2D eigenvalue weighted by Crippen LogP contribution is 2.32. The van der Waals surface area contributed by atoms with E-state index in [2.05, 4.69) is 4.98 Å². The van der Waals surface area contributed by atoms with E-state index in [-0.39, 0.29) is 0 Å². The molecule has 0 aliphatic heterocycles. The molecule has 0 radical (unpaired) electrons. The molecule has 0 saturated carbocycles. The zero-order chi connectivity index (χ0) is 11.7. The zero-order valence-electron chi connectivity index (χ0n) is 8.83. The van der Waals surface area contributed by atoms with Crippen LogP contribution < -0.4 is 0 Å². The maximum Gasteiger partial charge on any atom is 0.311 e. The monoisotopic (exact) mass is 237 g/mol. The minimum atomic E-state index is -0.816. The molecule has 2 N–H and O–H groups in total. The van der Waals surface area contributed by atoms with Crippen LogP contribution >= 0.6 is 11.6 Å². The molecule has 0 aliphatic carbocycles. The highest BCUT2D eigenvalue weighted by molar-refractivity contribution is 6.35. The highest BCUT2D eigenvalue weighted by atomic mass is 35.5. The molecule has 0 bridgehead atoms. The summed E-state index contributed by atoms with van der Waals surface area (Å²) in [4.78, 5) is 14.2. The Morgan fingerprint density at radius 2 is 2.31 bits per heavy atom. The SMILES string of the molecule is CCC(C(=O)O)c1c[nH]c2cccc(Cl)c12. The molecule has 0 saturated heterocycles. The molecule has 4 heteroatoms. The number of carboxylic acids is 1. The van der Waals surface area contributed by atoms with Gasteiger partial charge >= 0.3 is 5.97 Å². The van der Waals surface area contributed by atoms with E-state index in [1.807, 2.05) is 19.1 Å². The van der Waals surface area contributed by atoms with E-state index in [4.69, 9.17) is 16.7 Å². The molecule has 1 heterocycles. The van der Waals surface area contributed by atoms with Gasteiger partial charge in [-0.2, -0.15) is 0 Å². The summed E-state index contributed by atoms with van der Waals surface area (Å²) in [7, 11) is 0. The lowest BCUT2D eigenvalue weighted by Crippen LogP contribution is -2.09. The Bertz CT molecular complexity index is 533. The highest BCUT2D eigenvalue weighted by Gasteiger charge is 2.21. The van der Waals surface area contributed by atoms with E-state index in [9.17, 15) is 4.79 Å². The lowest BCUT2D eigenvalue weighted by molar-refractivity contribution is -0.138. The molecule has 1 unspecified atom stereocenters. The second kappa shape index (κ2) is 4.18. The Labute approximate surface area is 98.0 Å². The number of carboxylic acid groups (broad SMARTS) is 1. The number of rotatable bonds is 3. The lowest BCUT2D eigenvalue weighted by Gasteiger charge is -2.08. The number of carbonyl (C=O) groups is 1. The predicted octanol–water partition coefficient (Wildman–Crippen LogP) is 3.40. The van der Waals surface area contributed by atoms with Crippen molar-refractivity contribution in [1.29, 1.82) is 0 Å². The van der Waals surface area contributed by atoms with Gasteiger partial charge in [-0.25, -0.2) is 0 Å². The number of aromatic nitrogens is 1. The van der Waals surface area contributed by atoms with Gasteiger partial charge in [-0.15, -0.1) is 0 Å². The van der Waals surface area contributed by atoms with Crippen LogP contribution in [-0.4, -0.2) is 16.1 Å². The number of aromatic amines is 1. The molecule has 1 atom stereocenters. The van der Waals surface area contributed by atoms with Crippen molar-refractivity contribution in [3.8, 4) is 0 Å². The van der Waals surface area contributed by atoms with Crippen LogP contribution in [0.4, 0.5) is 0 Å². The summed E-state index contributed by atoms with van der Waals surface area (Å²) in [6.45, 7) is 1.86. The van der Waals surface area contributed by atoms with Gasteiger partial charge in [-0.05, 0) is 24.1 Å². The van der Waals surface area contributed by atoms with Crippen LogP contribution in [0.1, 0.15) is 24.8 Å². The molecule has 2 aromatic rings. The van der Waals surface area contributed by atoms with E-state index >= 15 is 0 Å². The second-order valence-corrected chi connectivity index (χ2v) is 4.11. The number of hydrogen-bond acceptors (Lipinski definition) is 1. The largest absolute Gasteiger partial charge is 0.481 e. The van der Waals surface area contributed by atoms with Gasteiger partial charge in [0.15, 0.2) is 0 Å². The summed E-state index contributed by atoms with van der Waals surface area (Å²) in [5, 5.41) is 10.5. The number of hydrogen-bond donors (Lipinski definition) is 2. The molecule has 2 rings (SSSR count). The molecule has 84 valence electrons. The van der Waals surface area contributed by atoms with Gasteiger partial charge in [-0.3, -0.25) is 4.79 Å². The molecule has 0 aliphatic rings. The van der Waals surface area contributed by atoms with Crippen LogP contribution in [0.5, 0.6) is 0 Å². The van der Waals surface area contributed by atoms with Gasteiger partial charge in [0.1, 0.15) is 0 Å². The average molecular weight is 238 g/mol. The van der Waals surface area contributed by atoms with E-state index in [1.54, 1.807) is 12.3 Å². The van der Waals surface area contributed by atoms with E-state index in [0.717, 1.165) is 16.5 Å². The molecule has 0 spiro atoms. The number of halogens is 1. The topological polar surface area (TPSA) is 53.1 Å². The summed E-state index contributed by atoms with van der Waals surface area (Å²) < 4.78 is 0. The van der Waals surface area contributed by atoms with Crippen LogP contribution in [0.2, 0.25) is 5.02 Å². The molecule has 1 aromatic heterocycles. The third kappa shape index (κ3) is 1.67. The fraction of sp³-hybridized carbons (Fsp3) is 0.250. The molecule has 16 heavy (non-hydrogen) atoms. The van der Waals surface area contributed by atoms with Crippen molar-refractivity contribution in [1.82, 2.24) is 4.98 Å². The lowest BCUT2D eigenvalue weighted by atomic mass is 9.96. The van der Waals surface area contributed by atoms with Crippen molar-refractivity contribution < 1.29 is 9.90 Å². The van der Waals surface area contributed by atoms with Gasteiger partial charge < -0.3 is 10.1 Å². The van der Waals surface area contributed by atoms with E-state index < -0.39 is 11.9 Å². The first-order chi connectivity index (χ1) is 7.65. The third-order valence-electron chi connectivity index (χ3n) is 2.77. The van der Waals surface area contributed by atoms with Crippen LogP contribution in [0.15, 0.2) is 24.4 Å². The molecule has 0 amide bonds. The zero-order valence-corrected chi connectivity index (χ0v) is 9.58. The van der Waals surface area contributed by atoms with Crippen LogP contribution in [0.3, 0.4) is 0 Å². The van der Waals surface area contributed by atoms with Crippen molar-refractivity contribution in [2.75, 3.05) is 0 Å². The Morgan fingerprint density at radius 3 is 2.94 bits per heavy atom. The van der Waals surface area contributed by atoms with Crippen molar-refractivity contribution in [2.24, 2.45) is 0 Å². The number of benzene rings is 1. The summed E-state index contributed by atoms with van der Waals surface area (Å²) >= 11 is 6.10. The maximum absolute atomic E-state index is 11.1. The van der Waals surface area contributed by atoms with Gasteiger partial charge in [-0.1, -0.05) is 24.6 Å². The number of aliphatic carboxylic acids is 1. The van der Waals surface area contributed by atoms with Crippen LogP contribution in [0.25, 0.3) is 10.9 Å². The Hall–Kier alpha value is -1.48. The van der Waals surface area contributed by atoms with Gasteiger partial charge in [0, 0.05) is 17.1 Å². The molecular formula is C12H12ClNO2. The molecule has 3 nitrogen and oxygen atoms in total. The summed E-state index contributed by atoms with van der Waals surface area (Å²) in [5.41, 5.74) is 1.64. The van der Waals surface area contributed by atoms with Crippen LogP contribution in [-0.2, 0) is 4.79 Å². The Kier molecular flexibility index (Phi) is 2.88. The van der Waals surface area contributed by atoms with Crippen molar-refractivity contribution in [3.63, 3.8) is 0 Å². The van der Waals surface area contributed by atoms with Crippen molar-refractivity contribution >= 4 is 28.5 Å². The average Bonchev–Trinajstić information content (AvgIpc) is 2.64. The van der Waals surface area contributed by atoms with Gasteiger partial charge in [0.2, 0.25) is 0 Å². The summed E-state index contributed by atoms with van der Waals surface area (Å²) in [6, 6.07) is 5.50. The first-order valence-corrected chi connectivity index (χ1v) is 5.51. The van der Waals surface area contributed by atoms with E-state index in [1.165, 1.54) is 0 Å². The molecule has 0 fully saturated rings. The quantitative estimate of drug-likeness (QED) is 0.860. The standard InChI is InChI=1S/C12H12ClNO2/c1-2-7(12(15)16)8-6-14-10-5-3-4-9(13)11(8)10/h3-7,14H,2H2,1H3,(H,15,16). The first-order valence-electron chi connectivity index (χ1n) is 5.13. The Balaban J connectivity index is 2.65.